The molecule has 2 fully saturated rings. The van der Waals surface area contributed by atoms with E-state index in [0.717, 1.165) is 12.1 Å². The van der Waals surface area contributed by atoms with Crippen molar-refractivity contribution >= 4 is 0 Å². The van der Waals surface area contributed by atoms with Gasteiger partial charge >= 0.3 is 0 Å². The minimum Gasteiger partial charge on any atom is -0.313 e. The molecule has 2 heteroatoms. The highest BCUT2D eigenvalue weighted by Crippen LogP contribution is 2.24. The smallest absolute Gasteiger partial charge is 0.0192 e. The highest BCUT2D eigenvalue weighted by Gasteiger charge is 2.25. The normalized spacial score (nSPS) is 31.9. The van der Waals surface area contributed by atoms with E-state index >= 15 is 0 Å². The van der Waals surface area contributed by atoms with Gasteiger partial charge in [0.1, 0.15) is 0 Å². The van der Waals surface area contributed by atoms with Gasteiger partial charge in [0.2, 0.25) is 0 Å². The molecule has 2 rings (SSSR count). The first kappa shape index (κ1) is 10.4. The second-order valence-electron chi connectivity index (χ2n) is 4.85. The van der Waals surface area contributed by atoms with Gasteiger partial charge in [-0.1, -0.05) is 19.8 Å². The lowest BCUT2D eigenvalue weighted by Crippen LogP contribution is -2.41. The predicted molar refractivity (Wildman–Crippen MR) is 60.5 cm³/mol. The molecule has 82 valence electrons. The lowest BCUT2D eigenvalue weighted by molar-refractivity contribution is 0.194. The van der Waals surface area contributed by atoms with E-state index in [4.69, 9.17) is 0 Å². The highest BCUT2D eigenvalue weighted by atomic mass is 15.2. The SMILES string of the molecule is CCC1CN(C2CCCC2)CCCN1. The van der Waals surface area contributed by atoms with Crippen molar-refractivity contribution in [3.05, 3.63) is 0 Å². The van der Waals surface area contributed by atoms with Crippen LogP contribution in [0.4, 0.5) is 0 Å². The average molecular weight is 196 g/mol. The summed E-state index contributed by atoms with van der Waals surface area (Å²) in [6.45, 7) is 6.15. The van der Waals surface area contributed by atoms with Gasteiger partial charge in [-0.2, -0.15) is 0 Å². The third-order valence-corrected chi connectivity index (χ3v) is 3.84. The second kappa shape index (κ2) is 5.13. The van der Waals surface area contributed by atoms with Crippen LogP contribution in [-0.2, 0) is 0 Å². The van der Waals surface area contributed by atoms with E-state index in [1.807, 2.05) is 0 Å². The predicted octanol–water partition coefficient (Wildman–Crippen LogP) is 2.00. The van der Waals surface area contributed by atoms with Gasteiger partial charge < -0.3 is 5.32 Å². The zero-order chi connectivity index (χ0) is 9.80. The van der Waals surface area contributed by atoms with E-state index in [-0.39, 0.29) is 0 Å². The third-order valence-electron chi connectivity index (χ3n) is 3.84. The van der Waals surface area contributed by atoms with Crippen LogP contribution in [0.5, 0.6) is 0 Å². The van der Waals surface area contributed by atoms with Crippen molar-refractivity contribution in [1.82, 2.24) is 10.2 Å². The van der Waals surface area contributed by atoms with Gasteiger partial charge in [0.25, 0.3) is 0 Å². The first-order valence-corrected chi connectivity index (χ1v) is 6.37. The maximum atomic E-state index is 3.64. The number of hydrogen-bond donors (Lipinski definition) is 1. The summed E-state index contributed by atoms with van der Waals surface area (Å²) in [5.41, 5.74) is 0. The Morgan fingerprint density at radius 1 is 1.21 bits per heavy atom. The van der Waals surface area contributed by atoms with Crippen molar-refractivity contribution in [1.29, 1.82) is 0 Å². The summed E-state index contributed by atoms with van der Waals surface area (Å²) in [5, 5.41) is 3.64. The molecule has 1 aliphatic carbocycles. The van der Waals surface area contributed by atoms with Crippen LogP contribution in [0.3, 0.4) is 0 Å². The van der Waals surface area contributed by atoms with Crippen LogP contribution in [0, 0.1) is 0 Å². The molecule has 0 aromatic rings. The van der Waals surface area contributed by atoms with E-state index in [1.165, 1.54) is 58.2 Å². The molecule has 0 aromatic heterocycles. The standard InChI is InChI=1S/C12H24N2/c1-2-11-10-14(9-5-8-13-11)12-6-3-4-7-12/h11-13H,2-10H2,1H3. The molecule has 1 heterocycles. The zero-order valence-electron chi connectivity index (χ0n) is 9.47. The van der Waals surface area contributed by atoms with Crippen molar-refractivity contribution in [3.8, 4) is 0 Å². The lowest BCUT2D eigenvalue weighted by Gasteiger charge is -2.29. The molecular weight excluding hydrogens is 172 g/mol. The van der Waals surface area contributed by atoms with Crippen LogP contribution >= 0.6 is 0 Å². The molecule has 0 spiro atoms. The van der Waals surface area contributed by atoms with E-state index < -0.39 is 0 Å². The molecular formula is C12H24N2. The molecule has 0 radical (unpaired) electrons. The molecule has 1 aliphatic heterocycles. The molecule has 0 amide bonds. The summed E-state index contributed by atoms with van der Waals surface area (Å²) in [7, 11) is 0. The molecule has 0 aromatic carbocycles. The highest BCUT2D eigenvalue weighted by molar-refractivity contribution is 4.83. The quantitative estimate of drug-likeness (QED) is 0.727. The first-order valence-electron chi connectivity index (χ1n) is 6.37. The molecule has 1 saturated heterocycles. The van der Waals surface area contributed by atoms with Gasteiger partial charge in [0.05, 0.1) is 0 Å². The molecule has 2 nitrogen and oxygen atoms in total. The molecule has 14 heavy (non-hydrogen) atoms. The molecule has 0 bridgehead atoms. The summed E-state index contributed by atoms with van der Waals surface area (Å²) in [5.74, 6) is 0. The van der Waals surface area contributed by atoms with Gasteiger partial charge in [0.15, 0.2) is 0 Å². The lowest BCUT2D eigenvalue weighted by atomic mass is 10.1. The maximum Gasteiger partial charge on any atom is 0.0192 e. The topological polar surface area (TPSA) is 15.3 Å². The largest absolute Gasteiger partial charge is 0.313 e. The van der Waals surface area contributed by atoms with E-state index in [0.29, 0.717) is 0 Å². The van der Waals surface area contributed by atoms with Crippen LogP contribution in [0.1, 0.15) is 45.4 Å². The number of rotatable bonds is 2. The number of hydrogen-bond acceptors (Lipinski definition) is 2. The minimum atomic E-state index is 0.748. The Bertz CT molecular complexity index is 164. The molecule has 2 aliphatic rings. The van der Waals surface area contributed by atoms with Crippen LogP contribution in [0.15, 0.2) is 0 Å². The molecule has 1 N–H and O–H groups in total. The molecule has 1 atom stereocenters. The van der Waals surface area contributed by atoms with Crippen LogP contribution < -0.4 is 5.32 Å². The molecule has 1 saturated carbocycles. The van der Waals surface area contributed by atoms with Crippen LogP contribution in [0.25, 0.3) is 0 Å². The van der Waals surface area contributed by atoms with Gasteiger partial charge in [-0.3, -0.25) is 4.90 Å². The van der Waals surface area contributed by atoms with Gasteiger partial charge in [-0.15, -0.1) is 0 Å². The van der Waals surface area contributed by atoms with E-state index in [1.54, 1.807) is 0 Å². The Hall–Kier alpha value is -0.0800. The summed E-state index contributed by atoms with van der Waals surface area (Å²) < 4.78 is 0. The maximum absolute atomic E-state index is 3.64. The van der Waals surface area contributed by atoms with Crippen LogP contribution in [-0.4, -0.2) is 36.6 Å². The Morgan fingerprint density at radius 2 is 2.00 bits per heavy atom. The van der Waals surface area contributed by atoms with E-state index in [9.17, 15) is 0 Å². The number of nitrogens with zero attached hydrogens (tertiary/aromatic N) is 1. The fraction of sp³-hybridized carbons (Fsp3) is 1.00. The first-order chi connectivity index (χ1) is 6.90. The number of nitrogens with one attached hydrogen (secondary N) is 1. The average Bonchev–Trinajstić information content (AvgIpc) is 2.63. The minimum absolute atomic E-state index is 0.748. The van der Waals surface area contributed by atoms with E-state index in [2.05, 4.69) is 17.1 Å². The fourth-order valence-corrected chi connectivity index (χ4v) is 2.90. The summed E-state index contributed by atoms with van der Waals surface area (Å²) in [4.78, 5) is 2.75. The summed E-state index contributed by atoms with van der Waals surface area (Å²) in [6.07, 6.45) is 8.46. The zero-order valence-corrected chi connectivity index (χ0v) is 9.47. The Balaban J connectivity index is 1.88. The molecule has 1 unspecified atom stereocenters. The van der Waals surface area contributed by atoms with Gasteiger partial charge in [-0.05, 0) is 38.8 Å². The fourth-order valence-electron chi connectivity index (χ4n) is 2.90. The Labute approximate surface area is 88.1 Å². The van der Waals surface area contributed by atoms with Crippen molar-refractivity contribution in [3.63, 3.8) is 0 Å². The van der Waals surface area contributed by atoms with Crippen molar-refractivity contribution in [2.75, 3.05) is 19.6 Å². The van der Waals surface area contributed by atoms with Gasteiger partial charge in [-0.25, -0.2) is 0 Å². The Kier molecular flexibility index (Phi) is 3.82. The van der Waals surface area contributed by atoms with Gasteiger partial charge in [0, 0.05) is 18.6 Å². The summed E-state index contributed by atoms with van der Waals surface area (Å²) >= 11 is 0. The second-order valence-corrected chi connectivity index (χ2v) is 4.85. The monoisotopic (exact) mass is 196 g/mol. The van der Waals surface area contributed by atoms with Crippen LogP contribution in [0.2, 0.25) is 0 Å². The summed E-state index contributed by atoms with van der Waals surface area (Å²) in [6, 6.07) is 1.67. The third kappa shape index (κ3) is 2.48. The van der Waals surface area contributed by atoms with Crippen molar-refractivity contribution in [2.45, 2.75) is 57.5 Å². The van der Waals surface area contributed by atoms with Crippen molar-refractivity contribution in [2.24, 2.45) is 0 Å². The van der Waals surface area contributed by atoms with Crippen molar-refractivity contribution < 1.29 is 0 Å². The Morgan fingerprint density at radius 3 is 2.71 bits per heavy atom.